The number of amides is 2. The van der Waals surface area contributed by atoms with Crippen LogP contribution in [0.25, 0.3) is 0 Å². The predicted molar refractivity (Wildman–Crippen MR) is 93.8 cm³/mol. The van der Waals surface area contributed by atoms with Crippen LogP contribution in [0.15, 0.2) is 35.5 Å². The average Bonchev–Trinajstić information content (AvgIpc) is 2.57. The molecule has 136 valence electrons. The standard InChI is InChI=1S/C17H22ClN3O4/c1-3-24-16(22)14-10-19-17(23)20-15(14)11-21(2)8-9-25-13-6-4-12(18)5-7-13/h4-7H,3,8-11H2,1-2H3,(H2,19,20,23)/p+1. The number of quaternary nitrogens is 1. The molecule has 7 nitrogen and oxygen atoms in total. The number of likely N-dealkylation sites (N-methyl/N-ethyl adjacent to an activating group) is 1. The van der Waals surface area contributed by atoms with E-state index >= 15 is 0 Å². The molecule has 0 fully saturated rings. The SMILES string of the molecule is CCOC(=O)C1=C(C[NH+](C)CCOc2ccc(Cl)cc2)NC(=O)NC1. The van der Waals surface area contributed by atoms with E-state index in [2.05, 4.69) is 10.6 Å². The van der Waals surface area contributed by atoms with E-state index in [9.17, 15) is 9.59 Å². The molecule has 0 bridgehead atoms. The van der Waals surface area contributed by atoms with Crippen molar-refractivity contribution in [3.63, 3.8) is 0 Å². The molecule has 0 aliphatic carbocycles. The fourth-order valence-electron chi connectivity index (χ4n) is 2.36. The lowest BCUT2D eigenvalue weighted by atomic mass is 10.1. The number of hydrogen-bond donors (Lipinski definition) is 3. The van der Waals surface area contributed by atoms with E-state index in [1.807, 2.05) is 19.2 Å². The zero-order valence-electron chi connectivity index (χ0n) is 14.4. The first-order valence-electron chi connectivity index (χ1n) is 8.13. The van der Waals surface area contributed by atoms with Gasteiger partial charge in [-0.2, -0.15) is 0 Å². The second-order valence-electron chi connectivity index (χ2n) is 5.67. The van der Waals surface area contributed by atoms with Crippen LogP contribution in [0.5, 0.6) is 5.75 Å². The second kappa shape index (κ2) is 9.29. The molecule has 1 aliphatic rings. The third-order valence-corrected chi connectivity index (χ3v) is 3.92. The Labute approximate surface area is 151 Å². The number of carbonyl (C=O) groups excluding carboxylic acids is 2. The highest BCUT2D eigenvalue weighted by Crippen LogP contribution is 2.15. The second-order valence-corrected chi connectivity index (χ2v) is 6.11. The zero-order valence-corrected chi connectivity index (χ0v) is 15.1. The molecule has 2 rings (SSSR count). The van der Waals surface area contributed by atoms with Crippen LogP contribution in [-0.2, 0) is 9.53 Å². The molecule has 25 heavy (non-hydrogen) atoms. The van der Waals surface area contributed by atoms with Gasteiger partial charge in [-0.25, -0.2) is 9.59 Å². The zero-order chi connectivity index (χ0) is 18.2. The Morgan fingerprint density at radius 2 is 2.04 bits per heavy atom. The Kier molecular flexibility index (Phi) is 7.09. The first kappa shape index (κ1) is 19.1. The predicted octanol–water partition coefficient (Wildman–Crippen LogP) is 0.364. The third kappa shape index (κ3) is 5.95. The van der Waals surface area contributed by atoms with Gasteiger partial charge in [0.05, 0.1) is 31.5 Å². The number of urea groups is 1. The average molecular weight is 369 g/mol. The Bertz CT molecular complexity index is 646. The van der Waals surface area contributed by atoms with E-state index in [0.717, 1.165) is 10.6 Å². The van der Waals surface area contributed by atoms with Gasteiger partial charge in [-0.15, -0.1) is 0 Å². The van der Waals surface area contributed by atoms with Gasteiger partial charge in [0.25, 0.3) is 0 Å². The van der Waals surface area contributed by atoms with Crippen molar-refractivity contribution in [2.45, 2.75) is 6.92 Å². The monoisotopic (exact) mass is 368 g/mol. The molecular formula is C17H23ClN3O4+. The Morgan fingerprint density at radius 1 is 1.32 bits per heavy atom. The van der Waals surface area contributed by atoms with Crippen molar-refractivity contribution in [2.75, 3.05) is 39.9 Å². The minimum atomic E-state index is -0.407. The maximum atomic E-state index is 12.0. The van der Waals surface area contributed by atoms with Gasteiger partial charge in [-0.05, 0) is 31.2 Å². The van der Waals surface area contributed by atoms with Crippen LogP contribution in [-0.4, -0.2) is 51.9 Å². The van der Waals surface area contributed by atoms with Crippen LogP contribution >= 0.6 is 11.6 Å². The molecule has 0 radical (unpaired) electrons. The van der Waals surface area contributed by atoms with Crippen LogP contribution in [0.4, 0.5) is 4.79 Å². The minimum absolute atomic E-state index is 0.175. The van der Waals surface area contributed by atoms with E-state index in [4.69, 9.17) is 21.1 Å². The van der Waals surface area contributed by atoms with E-state index in [1.54, 1.807) is 19.1 Å². The van der Waals surface area contributed by atoms with E-state index in [-0.39, 0.29) is 12.6 Å². The van der Waals surface area contributed by atoms with Gasteiger partial charge in [-0.1, -0.05) is 11.6 Å². The molecular weight excluding hydrogens is 346 g/mol. The van der Waals surface area contributed by atoms with Crippen molar-refractivity contribution >= 4 is 23.6 Å². The first-order valence-corrected chi connectivity index (χ1v) is 8.51. The summed E-state index contributed by atoms with van der Waals surface area (Å²) in [5, 5.41) is 5.96. The van der Waals surface area contributed by atoms with E-state index in [0.29, 0.717) is 42.6 Å². The lowest BCUT2D eigenvalue weighted by molar-refractivity contribution is -0.874. The maximum absolute atomic E-state index is 12.0. The summed E-state index contributed by atoms with van der Waals surface area (Å²) in [4.78, 5) is 24.7. The highest BCUT2D eigenvalue weighted by Gasteiger charge is 2.25. The highest BCUT2D eigenvalue weighted by atomic mass is 35.5. The molecule has 1 atom stereocenters. The fourth-order valence-corrected chi connectivity index (χ4v) is 2.49. The van der Waals surface area contributed by atoms with Crippen molar-refractivity contribution in [3.8, 4) is 5.75 Å². The summed E-state index contributed by atoms with van der Waals surface area (Å²) >= 11 is 5.84. The summed E-state index contributed by atoms with van der Waals surface area (Å²) in [6.07, 6.45) is 0. The highest BCUT2D eigenvalue weighted by molar-refractivity contribution is 6.30. The Balaban J connectivity index is 1.89. The largest absolute Gasteiger partial charge is 0.488 e. The van der Waals surface area contributed by atoms with Gasteiger partial charge >= 0.3 is 12.0 Å². The van der Waals surface area contributed by atoms with Gasteiger partial charge in [0, 0.05) is 5.02 Å². The molecule has 1 unspecified atom stereocenters. The number of halogens is 1. The van der Waals surface area contributed by atoms with Gasteiger partial charge in [0.1, 0.15) is 25.4 Å². The van der Waals surface area contributed by atoms with Gasteiger partial charge < -0.3 is 25.0 Å². The van der Waals surface area contributed by atoms with Crippen molar-refractivity contribution in [3.05, 3.63) is 40.6 Å². The van der Waals surface area contributed by atoms with Crippen LogP contribution in [0.1, 0.15) is 6.92 Å². The van der Waals surface area contributed by atoms with E-state index < -0.39 is 5.97 Å². The van der Waals surface area contributed by atoms with Crippen molar-refractivity contribution in [1.29, 1.82) is 0 Å². The number of carbonyl (C=O) groups is 2. The van der Waals surface area contributed by atoms with Crippen LogP contribution in [0.2, 0.25) is 5.02 Å². The summed E-state index contributed by atoms with van der Waals surface area (Å²) in [6.45, 7) is 3.91. The molecule has 1 aromatic rings. The Hall–Kier alpha value is -2.25. The molecule has 0 aromatic heterocycles. The molecule has 1 aliphatic heterocycles. The molecule has 3 N–H and O–H groups in total. The normalized spacial score (nSPS) is 15.2. The lowest BCUT2D eigenvalue weighted by Gasteiger charge is -2.23. The summed E-state index contributed by atoms with van der Waals surface area (Å²) in [5.41, 5.74) is 1.05. The smallest absolute Gasteiger partial charge is 0.337 e. The topological polar surface area (TPSA) is 81.1 Å². The molecule has 0 saturated carbocycles. The van der Waals surface area contributed by atoms with Crippen LogP contribution in [0, 0.1) is 0 Å². The Morgan fingerprint density at radius 3 is 2.72 bits per heavy atom. The number of benzene rings is 1. The van der Waals surface area contributed by atoms with Crippen LogP contribution < -0.4 is 20.3 Å². The minimum Gasteiger partial charge on any atom is -0.488 e. The van der Waals surface area contributed by atoms with Crippen molar-refractivity contribution < 1.29 is 24.0 Å². The summed E-state index contributed by atoms with van der Waals surface area (Å²) in [6, 6.07) is 6.86. The molecule has 2 amide bonds. The molecule has 1 heterocycles. The van der Waals surface area contributed by atoms with Gasteiger partial charge in [0.2, 0.25) is 0 Å². The third-order valence-electron chi connectivity index (χ3n) is 3.67. The van der Waals surface area contributed by atoms with E-state index in [1.165, 1.54) is 0 Å². The van der Waals surface area contributed by atoms with Crippen molar-refractivity contribution in [2.24, 2.45) is 0 Å². The quantitative estimate of drug-likeness (QED) is 0.579. The summed E-state index contributed by atoms with van der Waals surface area (Å²) in [5.74, 6) is 0.342. The lowest BCUT2D eigenvalue weighted by Crippen LogP contribution is -3.10. The van der Waals surface area contributed by atoms with Gasteiger partial charge in [-0.3, -0.25) is 0 Å². The molecule has 8 heteroatoms. The van der Waals surface area contributed by atoms with Gasteiger partial charge in [0.15, 0.2) is 0 Å². The summed E-state index contributed by atoms with van der Waals surface area (Å²) in [7, 11) is 1.97. The number of ether oxygens (including phenoxy) is 2. The maximum Gasteiger partial charge on any atom is 0.337 e. The number of hydrogen-bond acceptors (Lipinski definition) is 4. The summed E-state index contributed by atoms with van der Waals surface area (Å²) < 4.78 is 10.7. The number of esters is 1. The fraction of sp³-hybridized carbons (Fsp3) is 0.412. The van der Waals surface area contributed by atoms with Crippen molar-refractivity contribution in [1.82, 2.24) is 10.6 Å². The first-order chi connectivity index (χ1) is 12.0. The number of nitrogens with one attached hydrogen (secondary N) is 3. The molecule has 0 saturated heterocycles. The molecule has 1 aromatic carbocycles. The van der Waals surface area contributed by atoms with Crippen LogP contribution in [0.3, 0.4) is 0 Å². The molecule has 0 spiro atoms. The number of rotatable bonds is 8.